The summed E-state index contributed by atoms with van der Waals surface area (Å²) < 4.78 is 10.4. The molecule has 2 aromatic rings. The van der Waals surface area contributed by atoms with Crippen molar-refractivity contribution in [3.63, 3.8) is 0 Å². The Labute approximate surface area is 155 Å². The Kier molecular flexibility index (Phi) is 7.49. The molecule has 0 spiro atoms. The van der Waals surface area contributed by atoms with E-state index >= 15 is 0 Å². The van der Waals surface area contributed by atoms with Crippen LogP contribution in [-0.4, -0.2) is 41.8 Å². The summed E-state index contributed by atoms with van der Waals surface area (Å²) in [7, 11) is 1.58. The summed E-state index contributed by atoms with van der Waals surface area (Å²) in [6.07, 6.45) is 0.856. The highest BCUT2D eigenvalue weighted by molar-refractivity contribution is 7.13. The molecule has 1 aromatic carbocycles. The van der Waals surface area contributed by atoms with Gasteiger partial charge in [-0.05, 0) is 37.6 Å². The molecular formula is C17H22N4O4S. The first-order valence-electron chi connectivity index (χ1n) is 8.16. The van der Waals surface area contributed by atoms with Crippen LogP contribution >= 0.6 is 11.3 Å². The largest absolute Gasteiger partial charge is 0.497 e. The van der Waals surface area contributed by atoms with Crippen molar-refractivity contribution < 1.29 is 19.1 Å². The molecule has 0 unspecified atom stereocenters. The van der Waals surface area contributed by atoms with Crippen molar-refractivity contribution in [2.75, 3.05) is 19.0 Å². The number of nitrogens with zero attached hydrogens (tertiary/aromatic N) is 2. The summed E-state index contributed by atoms with van der Waals surface area (Å²) in [5, 5.41) is 14.1. The number of amides is 2. The fraction of sp³-hybridized carbons (Fsp3) is 0.412. The van der Waals surface area contributed by atoms with Crippen LogP contribution in [-0.2, 0) is 16.1 Å². The molecule has 1 atom stereocenters. The van der Waals surface area contributed by atoms with Gasteiger partial charge in [0.1, 0.15) is 24.0 Å². The van der Waals surface area contributed by atoms with Gasteiger partial charge in [-0.2, -0.15) is 0 Å². The molecule has 140 valence electrons. The molecular weight excluding hydrogens is 356 g/mol. The van der Waals surface area contributed by atoms with Crippen LogP contribution in [0.4, 0.5) is 5.69 Å². The summed E-state index contributed by atoms with van der Waals surface area (Å²) in [6.45, 7) is 3.99. The van der Waals surface area contributed by atoms with Crippen molar-refractivity contribution >= 4 is 28.8 Å². The van der Waals surface area contributed by atoms with E-state index < -0.39 is 0 Å². The van der Waals surface area contributed by atoms with Crippen LogP contribution in [0.1, 0.15) is 35.1 Å². The van der Waals surface area contributed by atoms with Gasteiger partial charge in [0.2, 0.25) is 10.9 Å². The zero-order chi connectivity index (χ0) is 18.9. The molecule has 8 nitrogen and oxygen atoms in total. The maximum atomic E-state index is 12.2. The number of nitrogens with one attached hydrogen (secondary N) is 2. The molecule has 0 saturated carbocycles. The average molecular weight is 378 g/mol. The highest BCUT2D eigenvalue weighted by Gasteiger charge is 2.14. The summed E-state index contributed by atoms with van der Waals surface area (Å²) in [4.78, 5) is 23.8. The maximum Gasteiger partial charge on any atom is 0.286 e. The summed E-state index contributed by atoms with van der Waals surface area (Å²) in [6, 6.07) is 7.08. The Hall–Kier alpha value is -2.52. The van der Waals surface area contributed by atoms with E-state index in [-0.39, 0.29) is 36.1 Å². The van der Waals surface area contributed by atoms with Crippen LogP contribution in [0.15, 0.2) is 24.3 Å². The van der Waals surface area contributed by atoms with Crippen LogP contribution < -0.4 is 15.4 Å². The summed E-state index contributed by atoms with van der Waals surface area (Å²) >= 11 is 1.12. The second kappa shape index (κ2) is 9.83. The minimum absolute atomic E-state index is 0.0582. The number of anilines is 1. The third-order valence-corrected chi connectivity index (χ3v) is 4.38. The van der Waals surface area contributed by atoms with Crippen LogP contribution in [0.25, 0.3) is 0 Å². The van der Waals surface area contributed by atoms with Gasteiger partial charge in [-0.15, -0.1) is 10.2 Å². The van der Waals surface area contributed by atoms with Crippen LogP contribution in [0, 0.1) is 0 Å². The van der Waals surface area contributed by atoms with Crippen molar-refractivity contribution in [2.45, 2.75) is 32.9 Å². The zero-order valence-electron chi connectivity index (χ0n) is 14.9. The number of hydrogen-bond donors (Lipinski definition) is 2. The lowest BCUT2D eigenvalue weighted by Crippen LogP contribution is -2.34. The number of benzene rings is 1. The van der Waals surface area contributed by atoms with Crippen molar-refractivity contribution in [3.8, 4) is 5.75 Å². The molecule has 26 heavy (non-hydrogen) atoms. The molecule has 0 bridgehead atoms. The fourth-order valence-electron chi connectivity index (χ4n) is 1.91. The molecule has 9 heteroatoms. The normalized spacial score (nSPS) is 11.7. The molecule has 0 aliphatic heterocycles. The number of carbonyl (C=O) groups excluding carboxylic acids is 2. The molecule has 1 aromatic heterocycles. The van der Waals surface area contributed by atoms with Crippen molar-refractivity contribution in [1.82, 2.24) is 15.5 Å². The van der Waals surface area contributed by atoms with Gasteiger partial charge in [-0.25, -0.2) is 0 Å². The zero-order valence-corrected chi connectivity index (χ0v) is 15.8. The van der Waals surface area contributed by atoms with E-state index in [1.165, 1.54) is 0 Å². The van der Waals surface area contributed by atoms with Gasteiger partial charge in [0.25, 0.3) is 5.91 Å². The number of carbonyl (C=O) groups is 2. The SMILES string of the molecule is CC[C@@H](C)NC(=O)COCc1nnc(C(=O)Nc2ccc(OC)cc2)s1. The molecule has 0 aliphatic rings. The van der Waals surface area contributed by atoms with Crippen LogP contribution in [0.2, 0.25) is 0 Å². The van der Waals surface area contributed by atoms with E-state index in [4.69, 9.17) is 9.47 Å². The smallest absolute Gasteiger partial charge is 0.286 e. The lowest BCUT2D eigenvalue weighted by molar-refractivity contribution is -0.126. The first kappa shape index (κ1) is 19.8. The average Bonchev–Trinajstić information content (AvgIpc) is 3.11. The monoisotopic (exact) mass is 378 g/mol. The van der Waals surface area contributed by atoms with E-state index in [1.807, 2.05) is 13.8 Å². The molecule has 0 radical (unpaired) electrons. The number of ether oxygens (including phenoxy) is 2. The quantitative estimate of drug-likeness (QED) is 0.694. The predicted molar refractivity (Wildman–Crippen MR) is 98.4 cm³/mol. The maximum absolute atomic E-state index is 12.2. The first-order chi connectivity index (χ1) is 12.5. The fourth-order valence-corrected chi connectivity index (χ4v) is 2.58. The third-order valence-electron chi connectivity index (χ3n) is 3.49. The molecule has 0 saturated heterocycles. The molecule has 0 fully saturated rings. The highest BCUT2D eigenvalue weighted by Crippen LogP contribution is 2.17. The Morgan fingerprint density at radius 1 is 1.23 bits per heavy atom. The molecule has 2 rings (SSSR count). The summed E-state index contributed by atoms with van der Waals surface area (Å²) in [5.74, 6) is 0.172. The van der Waals surface area contributed by atoms with Gasteiger partial charge < -0.3 is 20.1 Å². The van der Waals surface area contributed by atoms with Crippen molar-refractivity contribution in [3.05, 3.63) is 34.3 Å². The van der Waals surface area contributed by atoms with Crippen molar-refractivity contribution in [2.24, 2.45) is 0 Å². The number of aromatic nitrogens is 2. The predicted octanol–water partition coefficient (Wildman–Crippen LogP) is 2.23. The number of rotatable bonds is 9. The van der Waals surface area contributed by atoms with E-state index in [0.29, 0.717) is 16.4 Å². The standard InChI is InChI=1S/C17H22N4O4S/c1-4-11(2)18-14(22)9-25-10-15-20-21-17(26-15)16(23)19-12-5-7-13(24-3)8-6-12/h5-8,11H,4,9-10H2,1-3H3,(H,18,22)(H,19,23)/t11-/m1/s1. The molecule has 1 heterocycles. The molecule has 2 amide bonds. The second-order valence-electron chi connectivity index (χ2n) is 5.55. The second-order valence-corrected chi connectivity index (χ2v) is 6.62. The minimum Gasteiger partial charge on any atom is -0.497 e. The van der Waals surface area contributed by atoms with Gasteiger partial charge in [-0.3, -0.25) is 9.59 Å². The van der Waals surface area contributed by atoms with Gasteiger partial charge in [0.15, 0.2) is 0 Å². The Bertz CT molecular complexity index is 733. The minimum atomic E-state index is -0.353. The van der Waals surface area contributed by atoms with Crippen molar-refractivity contribution in [1.29, 1.82) is 0 Å². The summed E-state index contributed by atoms with van der Waals surface area (Å²) in [5.41, 5.74) is 0.630. The van der Waals surface area contributed by atoms with Crippen LogP contribution in [0.3, 0.4) is 0 Å². The van der Waals surface area contributed by atoms with Gasteiger partial charge >= 0.3 is 0 Å². The van der Waals surface area contributed by atoms with E-state index in [0.717, 1.165) is 17.8 Å². The number of hydrogen-bond acceptors (Lipinski definition) is 7. The van der Waals surface area contributed by atoms with E-state index in [1.54, 1.807) is 31.4 Å². The Morgan fingerprint density at radius 3 is 2.62 bits per heavy atom. The van der Waals surface area contributed by atoms with Gasteiger partial charge in [-0.1, -0.05) is 18.3 Å². The third kappa shape index (κ3) is 6.08. The molecule has 2 N–H and O–H groups in total. The van der Waals surface area contributed by atoms with Crippen LogP contribution in [0.5, 0.6) is 5.75 Å². The van der Waals surface area contributed by atoms with E-state index in [2.05, 4.69) is 20.8 Å². The lowest BCUT2D eigenvalue weighted by atomic mass is 10.2. The highest BCUT2D eigenvalue weighted by atomic mass is 32.1. The van der Waals surface area contributed by atoms with Gasteiger partial charge in [0, 0.05) is 11.7 Å². The molecule has 0 aliphatic carbocycles. The number of methoxy groups -OCH3 is 1. The Balaban J connectivity index is 1.80. The topological polar surface area (TPSA) is 102 Å². The van der Waals surface area contributed by atoms with E-state index in [9.17, 15) is 9.59 Å². The lowest BCUT2D eigenvalue weighted by Gasteiger charge is -2.10. The first-order valence-corrected chi connectivity index (χ1v) is 8.98. The van der Waals surface area contributed by atoms with Gasteiger partial charge in [0.05, 0.1) is 7.11 Å². The Morgan fingerprint density at radius 2 is 1.96 bits per heavy atom.